The van der Waals surface area contributed by atoms with Crippen molar-refractivity contribution < 1.29 is 19.2 Å². The van der Waals surface area contributed by atoms with E-state index in [1.54, 1.807) is 6.07 Å². The van der Waals surface area contributed by atoms with Gasteiger partial charge in [-0.1, -0.05) is 0 Å². The van der Waals surface area contributed by atoms with Gasteiger partial charge in [-0.05, 0) is 51.7 Å². The minimum atomic E-state index is -0.219. The first kappa shape index (κ1) is 22.3. The molecule has 2 aliphatic heterocycles. The minimum Gasteiger partial charge on any atom is -0.356 e. The quantitative estimate of drug-likeness (QED) is 0.574. The van der Waals surface area contributed by atoms with Crippen molar-refractivity contribution in [1.29, 1.82) is 0 Å². The first-order valence-corrected chi connectivity index (χ1v) is 11.4. The Balaban J connectivity index is 1.45. The summed E-state index contributed by atoms with van der Waals surface area (Å²) in [5.41, 5.74) is 0. The maximum absolute atomic E-state index is 12.8. The molecule has 0 aliphatic carbocycles. The zero-order chi connectivity index (χ0) is 21.7. The number of nitrogens with zero attached hydrogens (tertiary/aromatic N) is 1. The van der Waals surface area contributed by atoms with E-state index in [4.69, 9.17) is 0 Å². The summed E-state index contributed by atoms with van der Waals surface area (Å²) in [6.07, 6.45) is 3.63. The van der Waals surface area contributed by atoms with Crippen molar-refractivity contribution in [3.05, 3.63) is 21.9 Å². The van der Waals surface area contributed by atoms with Crippen LogP contribution in [0.15, 0.2) is 12.1 Å². The van der Waals surface area contributed by atoms with E-state index >= 15 is 0 Å². The van der Waals surface area contributed by atoms with E-state index in [1.807, 2.05) is 24.8 Å². The third-order valence-electron chi connectivity index (χ3n) is 5.70. The number of aryl methyl sites for hydroxylation is 1. The molecule has 0 saturated carbocycles. The molecular weight excluding hydrogens is 404 g/mol. The maximum Gasteiger partial charge on any atom is 0.261 e. The summed E-state index contributed by atoms with van der Waals surface area (Å²) in [5.74, 6) is -0.523. The van der Waals surface area contributed by atoms with E-state index in [2.05, 4.69) is 16.0 Å². The molecule has 2 aliphatic rings. The number of thiophene rings is 1. The molecule has 0 spiro atoms. The van der Waals surface area contributed by atoms with E-state index in [1.165, 1.54) is 11.3 Å². The molecule has 4 amide bonds. The van der Waals surface area contributed by atoms with Crippen LogP contribution in [-0.2, 0) is 14.4 Å². The lowest BCUT2D eigenvalue weighted by atomic mass is 9.97. The van der Waals surface area contributed by atoms with Gasteiger partial charge >= 0.3 is 0 Å². The van der Waals surface area contributed by atoms with Gasteiger partial charge in [0.1, 0.15) is 0 Å². The molecule has 2 unspecified atom stereocenters. The van der Waals surface area contributed by atoms with E-state index in [9.17, 15) is 19.2 Å². The summed E-state index contributed by atoms with van der Waals surface area (Å²) < 4.78 is 0. The summed E-state index contributed by atoms with van der Waals surface area (Å²) >= 11 is 1.41. The fraction of sp³-hybridized carbons (Fsp3) is 0.619. The summed E-state index contributed by atoms with van der Waals surface area (Å²) in [4.78, 5) is 52.2. The van der Waals surface area contributed by atoms with Crippen LogP contribution in [0.4, 0.5) is 0 Å². The number of piperidine rings is 1. The Kier molecular flexibility index (Phi) is 7.47. The van der Waals surface area contributed by atoms with Gasteiger partial charge in [0, 0.05) is 42.4 Å². The molecular formula is C21H30N4O4S. The average Bonchev–Trinajstić information content (AvgIpc) is 3.25. The molecule has 2 fully saturated rings. The average molecular weight is 435 g/mol. The monoisotopic (exact) mass is 434 g/mol. The highest BCUT2D eigenvalue weighted by Gasteiger charge is 2.43. The van der Waals surface area contributed by atoms with Crippen molar-refractivity contribution in [3.8, 4) is 0 Å². The predicted molar refractivity (Wildman–Crippen MR) is 114 cm³/mol. The Hall–Kier alpha value is -2.42. The van der Waals surface area contributed by atoms with Gasteiger partial charge in [-0.2, -0.15) is 0 Å². The van der Waals surface area contributed by atoms with Gasteiger partial charge in [-0.15, -0.1) is 11.3 Å². The molecule has 3 heterocycles. The van der Waals surface area contributed by atoms with Gasteiger partial charge in [-0.25, -0.2) is 0 Å². The van der Waals surface area contributed by atoms with Gasteiger partial charge in [0.2, 0.25) is 17.7 Å². The van der Waals surface area contributed by atoms with Gasteiger partial charge in [-0.3, -0.25) is 19.2 Å². The number of carbonyl (C=O) groups is 4. The third kappa shape index (κ3) is 5.59. The Morgan fingerprint density at radius 1 is 1.03 bits per heavy atom. The highest BCUT2D eigenvalue weighted by Crippen LogP contribution is 2.35. The van der Waals surface area contributed by atoms with Crippen molar-refractivity contribution in [2.24, 2.45) is 0 Å². The number of nitrogens with one attached hydrogen (secondary N) is 3. The number of hydrogen-bond acceptors (Lipinski definition) is 5. The number of fused-ring (bicyclic) bond motifs is 2. The molecule has 3 N–H and O–H groups in total. The van der Waals surface area contributed by atoms with Crippen LogP contribution >= 0.6 is 11.3 Å². The Labute approximate surface area is 180 Å². The third-order valence-corrected chi connectivity index (χ3v) is 6.70. The van der Waals surface area contributed by atoms with Crippen molar-refractivity contribution in [1.82, 2.24) is 20.9 Å². The molecule has 0 aromatic carbocycles. The molecule has 1 aromatic heterocycles. The standard InChI is InChI=1S/C21H30N4O4S/c1-3-22-18(26)8-9-19(27)24-14-10-15-5-6-16(11-14)25(15)20(28)12-23-21(29)17-7-4-13(2)30-17/h4,7,14-16H,3,5-6,8-12H2,1-2H3,(H,22,26)(H,23,29)(H,24,27). The summed E-state index contributed by atoms with van der Waals surface area (Å²) in [6.45, 7) is 4.33. The second-order valence-corrected chi connectivity index (χ2v) is 9.26. The Bertz CT molecular complexity index is 795. The SMILES string of the molecule is CCNC(=O)CCC(=O)NC1CC2CCC(C1)N2C(=O)CNC(=O)c1ccc(C)s1. The summed E-state index contributed by atoms with van der Waals surface area (Å²) in [5, 5.41) is 8.44. The van der Waals surface area contributed by atoms with Crippen molar-refractivity contribution >= 4 is 35.0 Å². The normalized spacial score (nSPS) is 22.5. The predicted octanol–water partition coefficient (Wildman–Crippen LogP) is 1.34. The van der Waals surface area contributed by atoms with Crippen LogP contribution in [0, 0.1) is 6.92 Å². The van der Waals surface area contributed by atoms with Gasteiger partial charge in [0.25, 0.3) is 5.91 Å². The maximum atomic E-state index is 12.8. The number of amides is 4. The summed E-state index contributed by atoms with van der Waals surface area (Å²) in [6, 6.07) is 3.86. The summed E-state index contributed by atoms with van der Waals surface area (Å²) in [7, 11) is 0. The van der Waals surface area contributed by atoms with Crippen LogP contribution < -0.4 is 16.0 Å². The van der Waals surface area contributed by atoms with Gasteiger partial charge < -0.3 is 20.9 Å². The lowest BCUT2D eigenvalue weighted by Crippen LogP contribution is -2.54. The molecule has 9 heteroatoms. The smallest absolute Gasteiger partial charge is 0.261 e. The van der Waals surface area contributed by atoms with E-state index in [-0.39, 0.29) is 61.1 Å². The zero-order valence-electron chi connectivity index (χ0n) is 17.5. The van der Waals surface area contributed by atoms with E-state index in [0.29, 0.717) is 24.3 Å². The van der Waals surface area contributed by atoms with Crippen molar-refractivity contribution in [2.75, 3.05) is 13.1 Å². The Morgan fingerprint density at radius 3 is 2.30 bits per heavy atom. The molecule has 0 radical (unpaired) electrons. The molecule has 164 valence electrons. The van der Waals surface area contributed by atoms with Crippen LogP contribution in [0.3, 0.4) is 0 Å². The highest BCUT2D eigenvalue weighted by molar-refractivity contribution is 7.13. The number of hydrogen-bond donors (Lipinski definition) is 3. The molecule has 3 rings (SSSR count). The van der Waals surface area contributed by atoms with Crippen LogP contribution in [0.25, 0.3) is 0 Å². The number of carbonyl (C=O) groups excluding carboxylic acids is 4. The molecule has 2 saturated heterocycles. The first-order valence-electron chi connectivity index (χ1n) is 10.6. The largest absolute Gasteiger partial charge is 0.356 e. The molecule has 2 bridgehead atoms. The zero-order valence-corrected chi connectivity index (χ0v) is 18.3. The second-order valence-electron chi connectivity index (χ2n) is 7.97. The fourth-order valence-electron chi connectivity index (χ4n) is 4.41. The highest BCUT2D eigenvalue weighted by atomic mass is 32.1. The van der Waals surface area contributed by atoms with Crippen LogP contribution in [-0.4, -0.2) is 59.7 Å². The molecule has 30 heavy (non-hydrogen) atoms. The van der Waals surface area contributed by atoms with Crippen LogP contribution in [0.1, 0.15) is 60.0 Å². The first-order chi connectivity index (χ1) is 14.4. The molecule has 2 atom stereocenters. The minimum absolute atomic E-state index is 0.00759. The molecule has 1 aromatic rings. The molecule has 8 nitrogen and oxygen atoms in total. The lowest BCUT2D eigenvalue weighted by molar-refractivity contribution is -0.135. The lowest BCUT2D eigenvalue weighted by Gasteiger charge is -2.39. The topological polar surface area (TPSA) is 108 Å². The van der Waals surface area contributed by atoms with Crippen molar-refractivity contribution in [2.45, 2.75) is 70.5 Å². The number of rotatable bonds is 8. The van der Waals surface area contributed by atoms with Crippen molar-refractivity contribution in [3.63, 3.8) is 0 Å². The van der Waals surface area contributed by atoms with Crippen LogP contribution in [0.2, 0.25) is 0 Å². The van der Waals surface area contributed by atoms with E-state index in [0.717, 1.165) is 17.7 Å². The van der Waals surface area contributed by atoms with Gasteiger partial charge in [0.05, 0.1) is 11.4 Å². The van der Waals surface area contributed by atoms with Crippen LogP contribution in [0.5, 0.6) is 0 Å². The van der Waals surface area contributed by atoms with Gasteiger partial charge in [0.15, 0.2) is 0 Å². The Morgan fingerprint density at radius 2 is 1.70 bits per heavy atom. The van der Waals surface area contributed by atoms with E-state index < -0.39 is 0 Å². The fourth-order valence-corrected chi connectivity index (χ4v) is 5.19. The second kappa shape index (κ2) is 10.1.